The molecule has 1 N–H and O–H groups in total. The van der Waals surface area contributed by atoms with Gasteiger partial charge in [-0.25, -0.2) is 4.68 Å². The molecule has 1 aromatic heterocycles. The molecule has 2 aliphatic heterocycles. The zero-order valence-electron chi connectivity index (χ0n) is 17.2. The molecule has 0 bridgehead atoms. The summed E-state index contributed by atoms with van der Waals surface area (Å²) in [6.07, 6.45) is -1.47. The van der Waals surface area contributed by atoms with Crippen molar-refractivity contribution in [2.45, 2.75) is 37.9 Å². The summed E-state index contributed by atoms with van der Waals surface area (Å²) in [4.78, 5) is 2.47. The SMILES string of the molecule is FC(F)(F)c1cccc(-n2nc(C3CCN(Cc4ccccc4)CC3)c3c2NCC3)c1. The molecular formula is C24H25F3N4. The lowest BCUT2D eigenvalue weighted by Gasteiger charge is -2.31. The van der Waals surface area contributed by atoms with E-state index < -0.39 is 11.7 Å². The highest BCUT2D eigenvalue weighted by Crippen LogP contribution is 2.38. The lowest BCUT2D eigenvalue weighted by atomic mass is 9.90. The summed E-state index contributed by atoms with van der Waals surface area (Å²) in [7, 11) is 0. The van der Waals surface area contributed by atoms with Crippen molar-refractivity contribution in [1.82, 2.24) is 14.7 Å². The van der Waals surface area contributed by atoms with Crippen molar-refractivity contribution in [2.75, 3.05) is 25.0 Å². The van der Waals surface area contributed by atoms with E-state index in [0.717, 1.165) is 63.0 Å². The Morgan fingerprint density at radius 2 is 1.77 bits per heavy atom. The zero-order valence-corrected chi connectivity index (χ0v) is 17.2. The maximum Gasteiger partial charge on any atom is 0.416 e. The van der Waals surface area contributed by atoms with Crippen LogP contribution in [0.2, 0.25) is 0 Å². The first-order valence-electron chi connectivity index (χ1n) is 10.8. The van der Waals surface area contributed by atoms with E-state index in [-0.39, 0.29) is 0 Å². The summed E-state index contributed by atoms with van der Waals surface area (Å²) in [5.41, 5.74) is 3.34. The lowest BCUT2D eigenvalue weighted by Crippen LogP contribution is -2.32. The van der Waals surface area contributed by atoms with Crippen molar-refractivity contribution in [1.29, 1.82) is 0 Å². The lowest BCUT2D eigenvalue weighted by molar-refractivity contribution is -0.137. The van der Waals surface area contributed by atoms with Crippen LogP contribution in [0.1, 0.15) is 41.1 Å². The quantitative estimate of drug-likeness (QED) is 0.620. The van der Waals surface area contributed by atoms with Gasteiger partial charge in [0.1, 0.15) is 5.82 Å². The molecule has 31 heavy (non-hydrogen) atoms. The van der Waals surface area contributed by atoms with Gasteiger partial charge < -0.3 is 5.32 Å². The van der Waals surface area contributed by atoms with Crippen molar-refractivity contribution in [3.8, 4) is 5.69 Å². The molecule has 162 valence electrons. The number of benzene rings is 2. The van der Waals surface area contributed by atoms with E-state index >= 15 is 0 Å². The van der Waals surface area contributed by atoms with Crippen molar-refractivity contribution < 1.29 is 13.2 Å². The average molecular weight is 426 g/mol. The van der Waals surface area contributed by atoms with Gasteiger partial charge in [-0.1, -0.05) is 36.4 Å². The molecule has 4 nitrogen and oxygen atoms in total. The number of fused-ring (bicyclic) bond motifs is 1. The molecule has 3 heterocycles. The summed E-state index contributed by atoms with van der Waals surface area (Å²) in [6, 6.07) is 15.9. The molecule has 7 heteroatoms. The molecular weight excluding hydrogens is 401 g/mol. The Kier molecular flexibility index (Phi) is 5.22. The summed E-state index contributed by atoms with van der Waals surface area (Å²) >= 11 is 0. The fraction of sp³-hybridized carbons (Fsp3) is 0.375. The highest BCUT2D eigenvalue weighted by atomic mass is 19.4. The summed E-state index contributed by atoms with van der Waals surface area (Å²) in [5.74, 6) is 1.19. The number of hydrogen-bond donors (Lipinski definition) is 1. The maximum absolute atomic E-state index is 13.2. The van der Waals surface area contributed by atoms with Crippen molar-refractivity contribution >= 4 is 5.82 Å². The Balaban J connectivity index is 1.36. The standard InChI is InChI=1S/C24H25F3N4/c25-24(26,27)19-7-4-8-20(15-19)31-23-21(9-12-28-23)22(29-31)18-10-13-30(14-11-18)16-17-5-2-1-3-6-17/h1-8,15,18,28H,9-14,16H2. The largest absolute Gasteiger partial charge is 0.416 e. The van der Waals surface area contributed by atoms with Crippen LogP contribution in [0.15, 0.2) is 54.6 Å². The third kappa shape index (κ3) is 4.06. The van der Waals surface area contributed by atoms with Crippen molar-refractivity contribution in [3.63, 3.8) is 0 Å². The smallest absolute Gasteiger partial charge is 0.369 e. The number of likely N-dealkylation sites (tertiary alicyclic amines) is 1. The van der Waals surface area contributed by atoms with Crippen LogP contribution in [0.4, 0.5) is 19.0 Å². The monoisotopic (exact) mass is 426 g/mol. The molecule has 2 aromatic carbocycles. The fourth-order valence-corrected chi connectivity index (χ4v) is 4.74. The van der Waals surface area contributed by atoms with Crippen LogP contribution in [0.25, 0.3) is 5.69 Å². The van der Waals surface area contributed by atoms with Gasteiger partial charge in [-0.15, -0.1) is 0 Å². The first-order chi connectivity index (χ1) is 15.0. The van der Waals surface area contributed by atoms with Crippen LogP contribution in [-0.2, 0) is 19.1 Å². The third-order valence-electron chi connectivity index (χ3n) is 6.32. The molecule has 0 saturated carbocycles. The number of nitrogens with zero attached hydrogens (tertiary/aromatic N) is 3. The van der Waals surface area contributed by atoms with E-state index in [4.69, 9.17) is 5.10 Å². The van der Waals surface area contributed by atoms with Gasteiger partial charge in [-0.2, -0.15) is 18.3 Å². The number of anilines is 1. The van der Waals surface area contributed by atoms with E-state index in [1.54, 1.807) is 10.7 Å². The van der Waals surface area contributed by atoms with E-state index in [0.29, 0.717) is 11.6 Å². The maximum atomic E-state index is 13.2. The number of alkyl halides is 3. The van der Waals surface area contributed by atoms with Crippen molar-refractivity contribution in [2.24, 2.45) is 0 Å². The fourth-order valence-electron chi connectivity index (χ4n) is 4.74. The number of piperidine rings is 1. The Labute approximate surface area is 179 Å². The molecule has 2 aliphatic rings. The van der Waals surface area contributed by atoms with Crippen LogP contribution < -0.4 is 5.32 Å². The number of halogens is 3. The first-order valence-corrected chi connectivity index (χ1v) is 10.8. The molecule has 3 aromatic rings. The van der Waals surface area contributed by atoms with E-state index in [1.807, 2.05) is 6.07 Å². The second-order valence-corrected chi connectivity index (χ2v) is 8.39. The zero-order chi connectivity index (χ0) is 21.4. The number of rotatable bonds is 4. The molecule has 1 fully saturated rings. The van der Waals surface area contributed by atoms with E-state index in [1.165, 1.54) is 23.3 Å². The Morgan fingerprint density at radius 3 is 2.52 bits per heavy atom. The minimum atomic E-state index is -4.37. The molecule has 1 saturated heterocycles. The van der Waals surface area contributed by atoms with E-state index in [2.05, 4.69) is 34.5 Å². The van der Waals surface area contributed by atoms with Gasteiger partial charge in [0.05, 0.1) is 16.9 Å². The number of aromatic nitrogens is 2. The second kappa shape index (κ2) is 8.04. The Hall–Kier alpha value is -2.80. The van der Waals surface area contributed by atoms with Gasteiger partial charge in [0.2, 0.25) is 0 Å². The average Bonchev–Trinajstić information content (AvgIpc) is 3.38. The van der Waals surface area contributed by atoms with Gasteiger partial charge >= 0.3 is 6.18 Å². The molecule has 0 atom stereocenters. The topological polar surface area (TPSA) is 33.1 Å². The van der Waals surface area contributed by atoms with Gasteiger partial charge in [0.15, 0.2) is 0 Å². The minimum Gasteiger partial charge on any atom is -0.369 e. The van der Waals surface area contributed by atoms with Crippen LogP contribution in [0.3, 0.4) is 0 Å². The Morgan fingerprint density at radius 1 is 1.00 bits per heavy atom. The van der Waals surface area contributed by atoms with Gasteiger partial charge in [-0.3, -0.25) is 4.90 Å². The molecule has 0 unspecified atom stereocenters. The van der Waals surface area contributed by atoms with Gasteiger partial charge in [0, 0.05) is 24.6 Å². The molecule has 0 radical (unpaired) electrons. The molecule has 0 spiro atoms. The first kappa shape index (κ1) is 20.1. The molecule has 0 aliphatic carbocycles. The summed E-state index contributed by atoms with van der Waals surface area (Å²) in [6.45, 7) is 3.74. The van der Waals surface area contributed by atoms with Crippen LogP contribution in [0.5, 0.6) is 0 Å². The molecule has 5 rings (SSSR count). The van der Waals surface area contributed by atoms with Crippen molar-refractivity contribution in [3.05, 3.63) is 77.0 Å². The summed E-state index contributed by atoms with van der Waals surface area (Å²) in [5, 5.41) is 8.16. The number of hydrogen-bond acceptors (Lipinski definition) is 3. The third-order valence-corrected chi connectivity index (χ3v) is 6.32. The van der Waals surface area contributed by atoms with Gasteiger partial charge in [-0.05, 0) is 56.1 Å². The summed E-state index contributed by atoms with van der Waals surface area (Å²) < 4.78 is 41.3. The predicted octanol–water partition coefficient (Wildman–Crippen LogP) is 5.24. The highest BCUT2D eigenvalue weighted by molar-refractivity contribution is 5.58. The van der Waals surface area contributed by atoms with Crippen LogP contribution in [-0.4, -0.2) is 34.3 Å². The molecule has 0 amide bonds. The predicted molar refractivity (Wildman–Crippen MR) is 114 cm³/mol. The number of nitrogens with one attached hydrogen (secondary N) is 1. The van der Waals surface area contributed by atoms with Gasteiger partial charge in [0.25, 0.3) is 0 Å². The second-order valence-electron chi connectivity index (χ2n) is 8.39. The Bertz CT molecular complexity index is 1050. The normalized spacial score (nSPS) is 17.5. The van der Waals surface area contributed by atoms with Crippen LogP contribution in [0, 0.1) is 0 Å². The minimum absolute atomic E-state index is 0.340. The van der Waals surface area contributed by atoms with Crippen LogP contribution >= 0.6 is 0 Å². The van der Waals surface area contributed by atoms with E-state index in [9.17, 15) is 13.2 Å². The highest BCUT2D eigenvalue weighted by Gasteiger charge is 2.33.